The lowest BCUT2D eigenvalue weighted by molar-refractivity contribution is 0.0787. The van der Waals surface area contributed by atoms with E-state index >= 15 is 0 Å². The molecule has 1 aromatic heterocycles. The molecule has 4 nitrogen and oxygen atoms in total. The molecule has 2 N–H and O–H groups in total. The van der Waals surface area contributed by atoms with Crippen molar-refractivity contribution in [3.63, 3.8) is 0 Å². The molecule has 0 radical (unpaired) electrons. The van der Waals surface area contributed by atoms with Crippen LogP contribution in [0.2, 0.25) is 0 Å². The topological polar surface area (TPSA) is 58.0 Å². The smallest absolute Gasteiger partial charge is 0.127 e. The van der Waals surface area contributed by atoms with E-state index in [0.717, 1.165) is 29.6 Å². The van der Waals surface area contributed by atoms with Gasteiger partial charge in [0.15, 0.2) is 0 Å². The van der Waals surface area contributed by atoms with Crippen molar-refractivity contribution in [2.45, 2.75) is 25.0 Å². The van der Waals surface area contributed by atoms with E-state index in [2.05, 4.69) is 14.1 Å². The van der Waals surface area contributed by atoms with Gasteiger partial charge in [-0.2, -0.15) is 8.75 Å². The Morgan fingerprint density at radius 1 is 1.33 bits per heavy atom. The van der Waals surface area contributed by atoms with Crippen LogP contribution in [-0.2, 0) is 0 Å². The van der Waals surface area contributed by atoms with E-state index < -0.39 is 0 Å². The number of benzene rings is 1. The van der Waals surface area contributed by atoms with Crippen molar-refractivity contribution in [1.29, 1.82) is 0 Å². The van der Waals surface area contributed by atoms with Crippen LogP contribution in [0.1, 0.15) is 12.8 Å². The molecule has 1 saturated carbocycles. The number of nitrogens with zero attached hydrogens (tertiary/aromatic N) is 2. The molecule has 2 atom stereocenters. The Bertz CT molecular complexity index is 484. The van der Waals surface area contributed by atoms with Gasteiger partial charge in [0.2, 0.25) is 0 Å². The van der Waals surface area contributed by atoms with Gasteiger partial charge in [-0.05, 0) is 25.0 Å². The van der Waals surface area contributed by atoms with Gasteiger partial charge in [0, 0.05) is 0 Å². The number of hydrogen-bond donors (Lipinski definition) is 2. The van der Waals surface area contributed by atoms with E-state index in [-0.39, 0.29) is 12.1 Å². The van der Waals surface area contributed by atoms with Crippen molar-refractivity contribution in [3.8, 4) is 0 Å². The Morgan fingerprint density at radius 2 is 2.27 bits per heavy atom. The molecule has 0 bridgehead atoms. The molecule has 1 aliphatic rings. The summed E-state index contributed by atoms with van der Waals surface area (Å²) in [6, 6.07) is 6.06. The number of nitrogens with one attached hydrogen (secondary N) is 1. The number of rotatable bonds is 2. The highest BCUT2D eigenvalue weighted by atomic mass is 32.1. The number of aromatic nitrogens is 2. The fraction of sp³-hybridized carbons (Fsp3) is 0.400. The Morgan fingerprint density at radius 3 is 3.00 bits per heavy atom. The third-order valence-corrected chi connectivity index (χ3v) is 3.41. The average molecular weight is 221 g/mol. The quantitative estimate of drug-likeness (QED) is 0.809. The maximum atomic E-state index is 9.50. The van der Waals surface area contributed by atoms with Crippen molar-refractivity contribution >= 4 is 28.4 Å². The summed E-state index contributed by atoms with van der Waals surface area (Å²) in [5.74, 6) is 0. The minimum Gasteiger partial charge on any atom is -0.391 e. The molecular weight excluding hydrogens is 210 g/mol. The van der Waals surface area contributed by atoms with Crippen molar-refractivity contribution in [3.05, 3.63) is 18.2 Å². The first-order valence-electron chi connectivity index (χ1n) is 5.00. The third-order valence-electron chi connectivity index (χ3n) is 2.86. The normalized spacial score (nSPS) is 25.1. The summed E-state index contributed by atoms with van der Waals surface area (Å²) in [7, 11) is 0. The lowest BCUT2D eigenvalue weighted by Crippen LogP contribution is -2.42. The van der Waals surface area contributed by atoms with Gasteiger partial charge in [-0.3, -0.25) is 0 Å². The molecule has 78 valence electrons. The molecule has 0 saturated heterocycles. The second kappa shape index (κ2) is 3.43. The summed E-state index contributed by atoms with van der Waals surface area (Å²) in [6.45, 7) is 0. The summed E-state index contributed by atoms with van der Waals surface area (Å²) < 4.78 is 8.42. The zero-order valence-electron chi connectivity index (χ0n) is 8.05. The molecule has 1 fully saturated rings. The van der Waals surface area contributed by atoms with Crippen molar-refractivity contribution in [1.82, 2.24) is 8.75 Å². The van der Waals surface area contributed by atoms with E-state index in [1.807, 2.05) is 18.2 Å². The van der Waals surface area contributed by atoms with Gasteiger partial charge < -0.3 is 10.4 Å². The summed E-state index contributed by atoms with van der Waals surface area (Å²) in [5.41, 5.74) is 2.80. The number of aliphatic hydroxyl groups excluding tert-OH is 1. The molecule has 0 spiro atoms. The van der Waals surface area contributed by atoms with Crippen LogP contribution in [0, 0.1) is 0 Å². The zero-order valence-corrected chi connectivity index (χ0v) is 8.87. The first kappa shape index (κ1) is 9.06. The summed E-state index contributed by atoms with van der Waals surface area (Å²) >= 11 is 1.22. The standard InChI is InChI=1S/C10H11N3OS/c14-9-5-4-6(9)11-7-2-1-3-8-10(7)13-15-12-8/h1-3,6,9,11,14H,4-5H2/t6-,9-/m0/s1. The van der Waals surface area contributed by atoms with Crippen LogP contribution in [0.15, 0.2) is 18.2 Å². The van der Waals surface area contributed by atoms with E-state index in [1.165, 1.54) is 11.7 Å². The Kier molecular flexibility index (Phi) is 2.07. The van der Waals surface area contributed by atoms with Gasteiger partial charge >= 0.3 is 0 Å². The molecule has 15 heavy (non-hydrogen) atoms. The van der Waals surface area contributed by atoms with E-state index in [1.54, 1.807) is 0 Å². The lowest BCUT2D eigenvalue weighted by Gasteiger charge is -2.33. The van der Waals surface area contributed by atoms with Crippen LogP contribution in [0.3, 0.4) is 0 Å². The second-order valence-corrected chi connectivity index (χ2v) is 4.36. The molecule has 0 aliphatic heterocycles. The van der Waals surface area contributed by atoms with Crippen LogP contribution in [-0.4, -0.2) is 26.0 Å². The Labute approximate surface area is 91.3 Å². The maximum absolute atomic E-state index is 9.50. The molecule has 0 unspecified atom stereocenters. The van der Waals surface area contributed by atoms with Crippen molar-refractivity contribution in [2.75, 3.05) is 5.32 Å². The molecule has 1 aromatic carbocycles. The van der Waals surface area contributed by atoms with Crippen molar-refractivity contribution in [2.24, 2.45) is 0 Å². The monoisotopic (exact) mass is 221 g/mol. The van der Waals surface area contributed by atoms with Crippen LogP contribution < -0.4 is 5.32 Å². The highest BCUT2D eigenvalue weighted by molar-refractivity contribution is 7.00. The van der Waals surface area contributed by atoms with Gasteiger partial charge in [-0.25, -0.2) is 0 Å². The Balaban J connectivity index is 1.93. The lowest BCUT2D eigenvalue weighted by atomic mass is 9.89. The summed E-state index contributed by atoms with van der Waals surface area (Å²) in [5, 5.41) is 12.8. The van der Waals surface area contributed by atoms with Crippen LogP contribution >= 0.6 is 11.7 Å². The largest absolute Gasteiger partial charge is 0.391 e. The minimum atomic E-state index is -0.216. The maximum Gasteiger partial charge on any atom is 0.127 e. The van der Waals surface area contributed by atoms with Gasteiger partial charge in [0.05, 0.1) is 29.6 Å². The van der Waals surface area contributed by atoms with E-state index in [4.69, 9.17) is 0 Å². The first-order valence-corrected chi connectivity index (χ1v) is 5.73. The first-order chi connectivity index (χ1) is 7.34. The van der Waals surface area contributed by atoms with Crippen molar-refractivity contribution < 1.29 is 5.11 Å². The Hall–Kier alpha value is -1.20. The predicted octanol–water partition coefficient (Wildman–Crippen LogP) is 1.63. The molecule has 5 heteroatoms. The fourth-order valence-corrected chi connectivity index (χ4v) is 2.32. The second-order valence-electron chi connectivity index (χ2n) is 3.83. The van der Waals surface area contributed by atoms with E-state index in [9.17, 15) is 5.11 Å². The number of fused-ring (bicyclic) bond motifs is 1. The number of anilines is 1. The average Bonchev–Trinajstić information content (AvgIpc) is 2.72. The molecule has 3 rings (SSSR count). The third kappa shape index (κ3) is 1.48. The zero-order chi connectivity index (χ0) is 10.3. The van der Waals surface area contributed by atoms with Crippen LogP contribution in [0.25, 0.3) is 11.0 Å². The molecular formula is C10H11N3OS. The predicted molar refractivity (Wildman–Crippen MR) is 60.1 cm³/mol. The van der Waals surface area contributed by atoms with Gasteiger partial charge in [0.25, 0.3) is 0 Å². The van der Waals surface area contributed by atoms with Gasteiger partial charge in [0.1, 0.15) is 11.0 Å². The molecule has 1 aliphatic carbocycles. The summed E-state index contributed by atoms with van der Waals surface area (Å²) in [4.78, 5) is 0. The fourth-order valence-electron chi connectivity index (χ4n) is 1.77. The highest BCUT2D eigenvalue weighted by Gasteiger charge is 2.28. The van der Waals surface area contributed by atoms with Gasteiger partial charge in [-0.1, -0.05) is 6.07 Å². The highest BCUT2D eigenvalue weighted by Crippen LogP contribution is 2.27. The number of aliphatic hydroxyl groups is 1. The van der Waals surface area contributed by atoms with Crippen LogP contribution in [0.5, 0.6) is 0 Å². The minimum absolute atomic E-state index is 0.178. The summed E-state index contributed by atoms with van der Waals surface area (Å²) in [6.07, 6.45) is 1.70. The molecule has 1 heterocycles. The van der Waals surface area contributed by atoms with E-state index in [0.29, 0.717) is 0 Å². The van der Waals surface area contributed by atoms with Gasteiger partial charge in [-0.15, -0.1) is 0 Å². The SMILES string of the molecule is O[C@H]1CC[C@@H]1Nc1cccc2nsnc12. The molecule has 0 amide bonds. The number of hydrogen-bond acceptors (Lipinski definition) is 5. The van der Waals surface area contributed by atoms with Crippen LogP contribution in [0.4, 0.5) is 5.69 Å². The molecule has 2 aromatic rings.